The maximum atomic E-state index is 12.5. The summed E-state index contributed by atoms with van der Waals surface area (Å²) in [6.07, 6.45) is 3.59. The minimum Gasteiger partial charge on any atom is -0.398 e. The Morgan fingerprint density at radius 1 is 1.30 bits per heavy atom. The number of anilines is 2. The van der Waals surface area contributed by atoms with E-state index in [-0.39, 0.29) is 18.0 Å². The van der Waals surface area contributed by atoms with Gasteiger partial charge in [0.05, 0.1) is 22.3 Å². The Labute approximate surface area is 161 Å². The normalized spacial score (nSPS) is 22.1. The third kappa shape index (κ3) is 2.53. The predicted octanol–water partition coefficient (Wildman–Crippen LogP) is 4.03. The summed E-state index contributed by atoms with van der Waals surface area (Å²) in [7, 11) is 0. The summed E-state index contributed by atoms with van der Waals surface area (Å²) in [5.41, 5.74) is 11.8. The van der Waals surface area contributed by atoms with Crippen LogP contribution in [-0.4, -0.2) is 27.9 Å². The standard InChI is InChI=1S/C20H21N5OS/c21-10-12-13(22)4-6-15-20(12)17(25-7-1-2-19(25)26)9-16(23-15)11-3-5-14-18(8-11)27-24-14/h3-6,8,10,16-17,21,23-24H,1-2,7,9,22H2/t16-,17?/m1/s1. The van der Waals surface area contributed by atoms with Gasteiger partial charge in [0.1, 0.15) is 0 Å². The number of hydrogen-bond acceptors (Lipinski definition) is 5. The van der Waals surface area contributed by atoms with Crippen molar-refractivity contribution in [1.82, 2.24) is 9.27 Å². The molecule has 0 spiro atoms. The van der Waals surface area contributed by atoms with E-state index in [9.17, 15) is 4.79 Å². The van der Waals surface area contributed by atoms with Crippen molar-refractivity contribution in [2.75, 3.05) is 17.6 Å². The topological polar surface area (TPSA) is 98.0 Å². The summed E-state index contributed by atoms with van der Waals surface area (Å²) in [5.74, 6) is 0.196. The van der Waals surface area contributed by atoms with E-state index in [1.54, 1.807) is 11.5 Å². The van der Waals surface area contributed by atoms with Crippen molar-refractivity contribution in [1.29, 1.82) is 5.41 Å². The van der Waals surface area contributed by atoms with Crippen LogP contribution in [0.15, 0.2) is 30.3 Å². The number of carbonyl (C=O) groups excluding carboxylic acids is 1. The van der Waals surface area contributed by atoms with Gasteiger partial charge in [0.25, 0.3) is 0 Å². The van der Waals surface area contributed by atoms with Gasteiger partial charge in [-0.05, 0) is 42.7 Å². The van der Waals surface area contributed by atoms with Crippen molar-refractivity contribution in [2.45, 2.75) is 31.3 Å². The molecule has 1 saturated heterocycles. The van der Waals surface area contributed by atoms with Crippen molar-refractivity contribution >= 4 is 45.2 Å². The molecule has 0 saturated carbocycles. The molecule has 3 heterocycles. The Bertz CT molecular complexity index is 1050. The molecule has 2 atom stereocenters. The zero-order valence-corrected chi connectivity index (χ0v) is 15.6. The molecule has 7 heteroatoms. The van der Waals surface area contributed by atoms with E-state index < -0.39 is 0 Å². The molecule has 5 N–H and O–H groups in total. The lowest BCUT2D eigenvalue weighted by molar-refractivity contribution is -0.130. The second-order valence-electron chi connectivity index (χ2n) is 7.27. The van der Waals surface area contributed by atoms with Gasteiger partial charge in [-0.1, -0.05) is 17.6 Å². The minimum atomic E-state index is -0.0572. The lowest BCUT2D eigenvalue weighted by Crippen LogP contribution is -2.36. The molecule has 0 radical (unpaired) electrons. The summed E-state index contributed by atoms with van der Waals surface area (Å²) in [5, 5.41) is 11.5. The van der Waals surface area contributed by atoms with Gasteiger partial charge in [-0.3, -0.25) is 4.79 Å². The van der Waals surface area contributed by atoms with Crippen LogP contribution < -0.4 is 11.1 Å². The zero-order chi connectivity index (χ0) is 18.5. The van der Waals surface area contributed by atoms with Gasteiger partial charge in [-0.25, -0.2) is 0 Å². The fourth-order valence-corrected chi connectivity index (χ4v) is 5.04. The maximum Gasteiger partial charge on any atom is 0.223 e. The number of nitrogens with one attached hydrogen (secondary N) is 3. The average molecular weight is 379 g/mol. The molecular weight excluding hydrogens is 358 g/mol. The first-order valence-corrected chi connectivity index (χ1v) is 10.0. The van der Waals surface area contributed by atoms with Crippen LogP contribution in [0.1, 0.15) is 48.0 Å². The molecule has 0 aliphatic carbocycles. The molecule has 3 aromatic rings. The summed E-state index contributed by atoms with van der Waals surface area (Å²) in [6, 6.07) is 10.4. The summed E-state index contributed by atoms with van der Waals surface area (Å²) in [6.45, 7) is 0.770. The van der Waals surface area contributed by atoms with Crippen molar-refractivity contribution in [3.8, 4) is 0 Å². The number of likely N-dealkylation sites (tertiary alicyclic amines) is 1. The molecule has 2 aliphatic rings. The van der Waals surface area contributed by atoms with Crippen molar-refractivity contribution < 1.29 is 4.79 Å². The third-order valence-corrected chi connectivity index (χ3v) is 6.63. The monoisotopic (exact) mass is 379 g/mol. The number of aromatic nitrogens is 1. The number of benzene rings is 2. The van der Waals surface area contributed by atoms with E-state index >= 15 is 0 Å². The quantitative estimate of drug-likeness (QED) is 0.408. The number of rotatable bonds is 3. The van der Waals surface area contributed by atoms with E-state index in [4.69, 9.17) is 11.1 Å². The number of H-pyrrole nitrogens is 1. The summed E-state index contributed by atoms with van der Waals surface area (Å²) in [4.78, 5) is 14.5. The lowest BCUT2D eigenvalue weighted by atomic mass is 9.85. The van der Waals surface area contributed by atoms with Crippen molar-refractivity contribution in [2.24, 2.45) is 0 Å². The molecule has 27 heavy (non-hydrogen) atoms. The van der Waals surface area contributed by atoms with E-state index in [0.29, 0.717) is 12.1 Å². The Morgan fingerprint density at radius 3 is 2.85 bits per heavy atom. The Kier molecular flexibility index (Phi) is 3.72. The number of nitrogen functional groups attached to an aromatic ring is 1. The second-order valence-corrected chi connectivity index (χ2v) is 8.12. The first kappa shape index (κ1) is 16.4. The van der Waals surface area contributed by atoms with Gasteiger partial charge in [0.2, 0.25) is 5.91 Å². The minimum absolute atomic E-state index is 0.0572. The van der Waals surface area contributed by atoms with E-state index in [0.717, 1.165) is 36.2 Å². The Morgan fingerprint density at radius 2 is 2.19 bits per heavy atom. The van der Waals surface area contributed by atoms with E-state index in [2.05, 4.69) is 27.9 Å². The Balaban J connectivity index is 1.61. The van der Waals surface area contributed by atoms with Crippen molar-refractivity contribution in [3.05, 3.63) is 47.0 Å². The van der Waals surface area contributed by atoms with Crippen LogP contribution in [0.4, 0.5) is 11.4 Å². The maximum absolute atomic E-state index is 12.5. The first-order chi connectivity index (χ1) is 13.2. The van der Waals surface area contributed by atoms with Gasteiger partial charge < -0.3 is 25.7 Å². The predicted molar refractivity (Wildman–Crippen MR) is 110 cm³/mol. The number of aromatic amines is 1. The molecule has 6 nitrogen and oxygen atoms in total. The largest absolute Gasteiger partial charge is 0.398 e. The third-order valence-electron chi connectivity index (χ3n) is 5.75. The van der Waals surface area contributed by atoms with Crippen LogP contribution in [0.5, 0.6) is 0 Å². The first-order valence-electron chi connectivity index (χ1n) is 9.21. The van der Waals surface area contributed by atoms with Crippen LogP contribution in [0.25, 0.3) is 10.2 Å². The summed E-state index contributed by atoms with van der Waals surface area (Å²) >= 11 is 1.64. The van der Waals surface area contributed by atoms with Crippen LogP contribution in [0.2, 0.25) is 0 Å². The summed E-state index contributed by atoms with van der Waals surface area (Å²) < 4.78 is 4.48. The highest BCUT2D eigenvalue weighted by atomic mass is 32.1. The van der Waals surface area contributed by atoms with Crippen molar-refractivity contribution in [3.63, 3.8) is 0 Å². The number of nitrogens with zero attached hydrogens (tertiary/aromatic N) is 1. The number of carbonyl (C=O) groups is 1. The molecule has 1 fully saturated rings. The van der Waals surface area contributed by atoms with Crippen LogP contribution in [0, 0.1) is 5.41 Å². The molecule has 1 aromatic heterocycles. The Hall–Kier alpha value is -2.80. The fraction of sp³-hybridized carbons (Fsp3) is 0.300. The lowest BCUT2D eigenvalue weighted by Gasteiger charge is -2.39. The number of nitrogens with two attached hydrogens (primary N) is 1. The second kappa shape index (κ2) is 6.13. The molecule has 0 bridgehead atoms. The highest BCUT2D eigenvalue weighted by molar-refractivity contribution is 7.15. The van der Waals surface area contributed by atoms with Gasteiger partial charge in [0, 0.05) is 41.7 Å². The average Bonchev–Trinajstić information content (AvgIpc) is 3.08. The van der Waals surface area contributed by atoms with Crippen LogP contribution >= 0.6 is 11.5 Å². The fourth-order valence-electron chi connectivity index (χ4n) is 4.38. The SMILES string of the molecule is N=Cc1c(N)ccc2c1C(N1CCCC1=O)C[C@H](c1ccc3[nH]sc3c1)N2. The molecule has 1 amide bonds. The van der Waals surface area contributed by atoms with Crippen LogP contribution in [-0.2, 0) is 4.79 Å². The smallest absolute Gasteiger partial charge is 0.223 e. The van der Waals surface area contributed by atoms with E-state index in [1.165, 1.54) is 22.0 Å². The number of amides is 1. The molecule has 5 rings (SSSR count). The highest BCUT2D eigenvalue weighted by Crippen LogP contribution is 2.46. The van der Waals surface area contributed by atoms with Gasteiger partial charge in [-0.2, -0.15) is 0 Å². The molecule has 2 aromatic carbocycles. The zero-order valence-electron chi connectivity index (χ0n) is 14.8. The number of fused-ring (bicyclic) bond motifs is 2. The number of hydrogen-bond donors (Lipinski definition) is 4. The van der Waals surface area contributed by atoms with Gasteiger partial charge in [-0.15, -0.1) is 0 Å². The highest BCUT2D eigenvalue weighted by Gasteiger charge is 2.37. The molecular formula is C20H21N5OS. The molecule has 1 unspecified atom stereocenters. The van der Waals surface area contributed by atoms with Gasteiger partial charge >= 0.3 is 0 Å². The van der Waals surface area contributed by atoms with Gasteiger partial charge in [0.15, 0.2) is 0 Å². The van der Waals surface area contributed by atoms with Crippen LogP contribution in [0.3, 0.4) is 0 Å². The molecule has 2 aliphatic heterocycles. The molecule has 138 valence electrons. The van der Waals surface area contributed by atoms with E-state index in [1.807, 2.05) is 17.0 Å².